The van der Waals surface area contributed by atoms with Gasteiger partial charge < -0.3 is 4.52 Å². The molecule has 2 aromatic rings. The van der Waals surface area contributed by atoms with Crippen LogP contribution in [-0.4, -0.2) is 32.7 Å². The molecule has 0 fully saturated rings. The second-order valence-corrected chi connectivity index (χ2v) is 5.70. The largest absolute Gasteiger partial charge is 0.338 e. The Hall–Kier alpha value is -2.42. The van der Waals surface area contributed by atoms with Gasteiger partial charge in [0.15, 0.2) is 0 Å². The SMILES string of the molecule is CN(C)N=Nc1ccc(S(=O)(=O)Nc2ccno2)cc1. The molecule has 0 radical (unpaired) electrons. The van der Waals surface area contributed by atoms with Crippen molar-refractivity contribution in [1.29, 1.82) is 0 Å². The Balaban J connectivity index is 2.17. The maximum Gasteiger partial charge on any atom is 0.264 e. The molecule has 106 valence electrons. The van der Waals surface area contributed by atoms with Crippen molar-refractivity contribution in [3.8, 4) is 0 Å². The van der Waals surface area contributed by atoms with E-state index in [1.54, 1.807) is 26.2 Å². The topological polar surface area (TPSA) is 100 Å². The highest BCUT2D eigenvalue weighted by atomic mass is 32.2. The molecule has 0 saturated heterocycles. The van der Waals surface area contributed by atoms with Gasteiger partial charge >= 0.3 is 0 Å². The van der Waals surface area contributed by atoms with Crippen molar-refractivity contribution in [3.05, 3.63) is 36.5 Å². The molecule has 1 aromatic heterocycles. The maximum atomic E-state index is 12.0. The van der Waals surface area contributed by atoms with Crippen LogP contribution >= 0.6 is 0 Å². The number of hydrogen-bond donors (Lipinski definition) is 1. The minimum Gasteiger partial charge on any atom is -0.338 e. The number of hydrogen-bond acceptors (Lipinski definition) is 6. The molecule has 0 aliphatic rings. The Morgan fingerprint density at radius 3 is 2.45 bits per heavy atom. The maximum absolute atomic E-state index is 12.0. The number of rotatable bonds is 5. The molecule has 2 rings (SSSR count). The van der Waals surface area contributed by atoms with E-state index in [0.717, 1.165) is 0 Å². The molecule has 8 nitrogen and oxygen atoms in total. The quantitative estimate of drug-likeness (QED) is 0.672. The molecule has 0 aliphatic carbocycles. The Bertz CT molecular complexity index is 677. The lowest BCUT2D eigenvalue weighted by atomic mass is 10.3. The summed E-state index contributed by atoms with van der Waals surface area (Å²) in [5, 5.41) is 12.7. The van der Waals surface area contributed by atoms with Gasteiger partial charge in [-0.1, -0.05) is 10.4 Å². The minimum atomic E-state index is -3.70. The Morgan fingerprint density at radius 1 is 1.20 bits per heavy atom. The van der Waals surface area contributed by atoms with E-state index in [-0.39, 0.29) is 10.8 Å². The lowest BCUT2D eigenvalue weighted by molar-refractivity contribution is 0.408. The lowest BCUT2D eigenvalue weighted by Crippen LogP contribution is -2.12. The van der Waals surface area contributed by atoms with Gasteiger partial charge in [-0.25, -0.2) is 13.1 Å². The monoisotopic (exact) mass is 295 g/mol. The summed E-state index contributed by atoms with van der Waals surface area (Å²) in [6, 6.07) is 7.40. The molecular formula is C11H13N5O3S. The van der Waals surface area contributed by atoms with Gasteiger partial charge in [0.1, 0.15) is 0 Å². The van der Waals surface area contributed by atoms with Crippen LogP contribution in [-0.2, 0) is 10.0 Å². The van der Waals surface area contributed by atoms with Crippen LogP contribution in [0.1, 0.15) is 0 Å². The first-order valence-electron chi connectivity index (χ1n) is 5.60. The predicted molar refractivity (Wildman–Crippen MR) is 72.0 cm³/mol. The minimum absolute atomic E-state index is 0.0568. The van der Waals surface area contributed by atoms with E-state index in [9.17, 15) is 8.42 Å². The highest BCUT2D eigenvalue weighted by Gasteiger charge is 2.15. The first-order valence-corrected chi connectivity index (χ1v) is 7.08. The van der Waals surface area contributed by atoms with Crippen LogP contribution in [0.2, 0.25) is 0 Å². The van der Waals surface area contributed by atoms with Crippen molar-refractivity contribution >= 4 is 21.6 Å². The van der Waals surface area contributed by atoms with Crippen LogP contribution in [0.3, 0.4) is 0 Å². The zero-order chi connectivity index (χ0) is 14.6. The smallest absolute Gasteiger partial charge is 0.264 e. The average Bonchev–Trinajstić information content (AvgIpc) is 2.89. The van der Waals surface area contributed by atoms with E-state index in [4.69, 9.17) is 4.52 Å². The van der Waals surface area contributed by atoms with Gasteiger partial charge in [0.2, 0.25) is 5.88 Å². The van der Waals surface area contributed by atoms with Crippen LogP contribution in [0.15, 0.2) is 56.3 Å². The third-order valence-corrected chi connectivity index (χ3v) is 3.52. The van der Waals surface area contributed by atoms with E-state index in [0.29, 0.717) is 5.69 Å². The van der Waals surface area contributed by atoms with Crippen LogP contribution in [0, 0.1) is 0 Å². The van der Waals surface area contributed by atoms with Gasteiger partial charge in [-0.3, -0.25) is 5.01 Å². The van der Waals surface area contributed by atoms with Crippen LogP contribution in [0.4, 0.5) is 11.6 Å². The second kappa shape index (κ2) is 5.70. The molecule has 0 aliphatic heterocycles. The zero-order valence-corrected chi connectivity index (χ0v) is 11.7. The molecule has 0 amide bonds. The van der Waals surface area contributed by atoms with Crippen molar-refractivity contribution in [1.82, 2.24) is 10.2 Å². The molecule has 9 heteroatoms. The van der Waals surface area contributed by atoms with Crippen LogP contribution < -0.4 is 4.72 Å². The number of nitrogens with one attached hydrogen (secondary N) is 1. The van der Waals surface area contributed by atoms with Gasteiger partial charge in [0.05, 0.1) is 16.8 Å². The molecule has 1 N–H and O–H groups in total. The highest BCUT2D eigenvalue weighted by Crippen LogP contribution is 2.19. The molecule has 1 heterocycles. The summed E-state index contributed by atoms with van der Waals surface area (Å²) in [4.78, 5) is 0.0951. The molecule has 20 heavy (non-hydrogen) atoms. The van der Waals surface area contributed by atoms with Crippen molar-refractivity contribution < 1.29 is 12.9 Å². The fraction of sp³-hybridized carbons (Fsp3) is 0.182. The molecule has 0 saturated carbocycles. The Morgan fingerprint density at radius 2 is 1.90 bits per heavy atom. The van der Waals surface area contributed by atoms with Gasteiger partial charge in [-0.15, -0.1) is 5.11 Å². The van der Waals surface area contributed by atoms with E-state index >= 15 is 0 Å². The summed E-state index contributed by atoms with van der Waals surface area (Å²) in [7, 11) is -0.218. The third-order valence-electron chi connectivity index (χ3n) is 2.16. The molecule has 0 spiro atoms. The van der Waals surface area contributed by atoms with E-state index < -0.39 is 10.0 Å². The average molecular weight is 295 g/mol. The van der Waals surface area contributed by atoms with Gasteiger partial charge in [0, 0.05) is 20.2 Å². The normalized spacial score (nSPS) is 11.7. The second-order valence-electron chi connectivity index (χ2n) is 4.01. The number of benzene rings is 1. The molecular weight excluding hydrogens is 282 g/mol. The highest BCUT2D eigenvalue weighted by molar-refractivity contribution is 7.92. The van der Waals surface area contributed by atoms with Gasteiger partial charge in [0.25, 0.3) is 10.0 Å². The molecule has 1 aromatic carbocycles. The first-order chi connectivity index (χ1) is 9.47. The van der Waals surface area contributed by atoms with E-state index in [1.807, 2.05) is 0 Å². The van der Waals surface area contributed by atoms with Crippen molar-refractivity contribution in [2.45, 2.75) is 4.90 Å². The van der Waals surface area contributed by atoms with Crippen LogP contribution in [0.5, 0.6) is 0 Å². The summed E-state index contributed by atoms with van der Waals surface area (Å²) in [5.41, 5.74) is 0.553. The molecule has 0 atom stereocenters. The third kappa shape index (κ3) is 3.54. The van der Waals surface area contributed by atoms with Crippen LogP contribution in [0.25, 0.3) is 0 Å². The standard InChI is InChI=1S/C11H13N5O3S/c1-16(2)15-13-9-3-5-10(6-4-9)20(17,18)14-11-7-8-12-19-11/h3-8,14H,1-2H3. The fourth-order valence-electron chi connectivity index (χ4n) is 1.29. The Labute approximate surface area is 116 Å². The van der Waals surface area contributed by atoms with E-state index in [2.05, 4.69) is 20.2 Å². The Kier molecular flexibility index (Phi) is 3.99. The number of anilines is 1. The predicted octanol–water partition coefficient (Wildman–Crippen LogP) is 2.04. The summed E-state index contributed by atoms with van der Waals surface area (Å²) in [6.45, 7) is 0. The van der Waals surface area contributed by atoms with Crippen molar-refractivity contribution in [2.75, 3.05) is 18.8 Å². The summed E-state index contributed by atoms with van der Waals surface area (Å²) in [5.74, 6) is 0.0568. The van der Waals surface area contributed by atoms with Gasteiger partial charge in [-0.2, -0.15) is 0 Å². The lowest BCUT2D eigenvalue weighted by Gasteiger charge is -2.05. The molecule has 0 bridgehead atoms. The van der Waals surface area contributed by atoms with Crippen molar-refractivity contribution in [2.24, 2.45) is 10.3 Å². The summed E-state index contributed by atoms with van der Waals surface area (Å²) >= 11 is 0. The first kappa shape index (κ1) is 14.0. The zero-order valence-electron chi connectivity index (χ0n) is 10.9. The molecule has 0 unspecified atom stereocenters. The number of nitrogens with zero attached hydrogens (tertiary/aromatic N) is 4. The number of sulfonamides is 1. The van der Waals surface area contributed by atoms with Gasteiger partial charge in [-0.05, 0) is 24.3 Å². The van der Waals surface area contributed by atoms with Crippen molar-refractivity contribution in [3.63, 3.8) is 0 Å². The van der Waals surface area contributed by atoms with E-state index in [1.165, 1.54) is 29.4 Å². The summed E-state index contributed by atoms with van der Waals surface area (Å²) < 4.78 is 31.0. The summed E-state index contributed by atoms with van der Waals surface area (Å²) in [6.07, 6.45) is 1.35. The number of aromatic nitrogens is 1. The fourth-order valence-corrected chi connectivity index (χ4v) is 2.28.